The van der Waals surface area contributed by atoms with Crippen LogP contribution < -0.4 is 5.32 Å². The van der Waals surface area contributed by atoms with E-state index in [4.69, 9.17) is 39.5 Å². The number of nitrogens with zero attached hydrogens (tertiary/aromatic N) is 1. The van der Waals surface area contributed by atoms with Crippen LogP contribution in [0.5, 0.6) is 0 Å². The average Bonchev–Trinajstić information content (AvgIpc) is 2.75. The smallest absolute Gasteiger partial charge is 0.254 e. The number of hydrogen-bond donors (Lipinski definition) is 1. The van der Waals surface area contributed by atoms with Crippen molar-refractivity contribution in [3.05, 3.63) is 48.0 Å². The van der Waals surface area contributed by atoms with Gasteiger partial charge in [-0.15, -0.1) is 0 Å². The number of carbonyl (C=O) groups excluding carboxylic acids is 1. The molecule has 2 saturated heterocycles. The van der Waals surface area contributed by atoms with E-state index < -0.39 is 10.0 Å². The molecule has 2 aromatic rings. The van der Waals surface area contributed by atoms with E-state index in [0.717, 1.165) is 36.7 Å². The first-order valence-electron chi connectivity index (χ1n) is 10.6. The molecule has 2 fully saturated rings. The Morgan fingerprint density at radius 3 is 2.67 bits per heavy atom. The lowest BCUT2D eigenvalue weighted by Crippen LogP contribution is -2.51. The number of nitrogens with one attached hydrogen (secondary N) is 1. The van der Waals surface area contributed by atoms with Gasteiger partial charge in [-0.1, -0.05) is 77.6 Å². The van der Waals surface area contributed by atoms with Gasteiger partial charge < -0.3 is 15.0 Å². The summed E-state index contributed by atoms with van der Waals surface area (Å²) >= 11 is 18.6. The number of piperidine rings is 2. The van der Waals surface area contributed by atoms with Crippen molar-refractivity contribution < 1.29 is 9.53 Å². The summed E-state index contributed by atoms with van der Waals surface area (Å²) in [5, 5.41) is 4.64. The second kappa shape index (κ2) is 9.62. The normalized spacial score (nSPS) is 23.7. The summed E-state index contributed by atoms with van der Waals surface area (Å²) in [6, 6.07) is 13.8. The first-order valence-corrected chi connectivity index (χ1v) is 11.8. The molecule has 0 aromatic heterocycles. The molecule has 2 aliphatic rings. The number of carbonyl (C=O) groups is 1. The van der Waals surface area contributed by atoms with Gasteiger partial charge in [0.25, 0.3) is 5.91 Å². The zero-order chi connectivity index (χ0) is 21.1. The number of fused-ring (bicyclic) bond motifs is 2. The highest BCUT2D eigenvalue weighted by Crippen LogP contribution is 2.35. The van der Waals surface area contributed by atoms with Crippen molar-refractivity contribution in [1.82, 2.24) is 10.2 Å². The Morgan fingerprint density at radius 2 is 1.83 bits per heavy atom. The Labute approximate surface area is 192 Å². The highest BCUT2D eigenvalue weighted by molar-refractivity contribution is 6.68. The maximum atomic E-state index is 13.0. The van der Waals surface area contributed by atoms with Crippen LogP contribution in [-0.4, -0.2) is 46.6 Å². The van der Waals surface area contributed by atoms with Gasteiger partial charge in [-0.25, -0.2) is 0 Å². The predicted molar refractivity (Wildman–Crippen MR) is 123 cm³/mol. The number of ether oxygens (including phenoxy) is 1. The third kappa shape index (κ3) is 5.05. The number of amides is 1. The molecular formula is C23H27Cl3N2O2. The molecule has 4 rings (SSSR count). The van der Waals surface area contributed by atoms with Gasteiger partial charge in [0.15, 0.2) is 6.23 Å². The van der Waals surface area contributed by atoms with Crippen molar-refractivity contribution in [3.63, 3.8) is 0 Å². The molecule has 0 aliphatic carbocycles. The lowest BCUT2D eigenvalue weighted by Gasteiger charge is -2.44. The molecule has 30 heavy (non-hydrogen) atoms. The predicted octanol–water partition coefficient (Wildman–Crippen LogP) is 5.55. The first kappa shape index (κ1) is 22.2. The molecule has 3 atom stereocenters. The van der Waals surface area contributed by atoms with Gasteiger partial charge >= 0.3 is 0 Å². The van der Waals surface area contributed by atoms with Crippen LogP contribution in [0.3, 0.4) is 0 Å². The van der Waals surface area contributed by atoms with Crippen molar-refractivity contribution >= 4 is 51.5 Å². The second-order valence-electron chi connectivity index (χ2n) is 8.26. The molecule has 2 aliphatic heterocycles. The van der Waals surface area contributed by atoms with E-state index in [1.807, 2.05) is 36.4 Å². The van der Waals surface area contributed by atoms with Crippen LogP contribution in [0.15, 0.2) is 42.5 Å². The standard InChI is InChI=1S/C23H27Cl3N2O2/c24-23(25,26)22(30-15-17-9-6-14-28-13-4-3-12-20(17)28)27-21(29)19-11-5-8-16-7-1-2-10-18(16)19/h1-2,5,7-8,10-11,17,20,22H,3-4,6,9,12-15H2,(H,27,29)/t17-,20+,22?/m0/s1. The summed E-state index contributed by atoms with van der Waals surface area (Å²) in [7, 11) is 0. The molecule has 7 heteroatoms. The molecule has 162 valence electrons. The van der Waals surface area contributed by atoms with Gasteiger partial charge in [0.05, 0.1) is 6.61 Å². The van der Waals surface area contributed by atoms with Gasteiger partial charge in [0.1, 0.15) is 0 Å². The molecule has 0 spiro atoms. The minimum atomic E-state index is -1.76. The van der Waals surface area contributed by atoms with Crippen molar-refractivity contribution in [2.45, 2.75) is 48.2 Å². The topological polar surface area (TPSA) is 41.6 Å². The molecular weight excluding hydrogens is 443 g/mol. The molecule has 2 heterocycles. The third-order valence-electron chi connectivity index (χ3n) is 6.30. The summed E-state index contributed by atoms with van der Waals surface area (Å²) in [6.07, 6.45) is 4.95. The maximum absolute atomic E-state index is 13.0. The minimum absolute atomic E-state index is 0.314. The van der Waals surface area contributed by atoms with Crippen LogP contribution in [-0.2, 0) is 4.74 Å². The molecule has 1 N–H and O–H groups in total. The highest BCUT2D eigenvalue weighted by Gasteiger charge is 2.38. The van der Waals surface area contributed by atoms with E-state index in [1.54, 1.807) is 6.07 Å². The fourth-order valence-electron chi connectivity index (χ4n) is 4.83. The van der Waals surface area contributed by atoms with E-state index in [9.17, 15) is 4.79 Å². The summed E-state index contributed by atoms with van der Waals surface area (Å²) in [5.74, 6) is 0.0782. The Balaban J connectivity index is 1.46. The van der Waals surface area contributed by atoms with Gasteiger partial charge in [0, 0.05) is 11.6 Å². The largest absolute Gasteiger partial charge is 0.354 e. The Bertz CT molecular complexity index is 879. The summed E-state index contributed by atoms with van der Waals surface area (Å²) < 4.78 is 4.28. The molecule has 0 radical (unpaired) electrons. The number of alkyl halides is 3. The Hall–Kier alpha value is -1.04. The van der Waals surface area contributed by atoms with Gasteiger partial charge in [-0.3, -0.25) is 4.79 Å². The van der Waals surface area contributed by atoms with Crippen LogP contribution in [0.4, 0.5) is 0 Å². The Kier molecular flexibility index (Phi) is 7.11. The van der Waals surface area contributed by atoms with E-state index in [2.05, 4.69) is 10.2 Å². The van der Waals surface area contributed by atoms with Crippen molar-refractivity contribution in [2.75, 3.05) is 19.7 Å². The van der Waals surface area contributed by atoms with Gasteiger partial charge in [-0.2, -0.15) is 0 Å². The monoisotopic (exact) mass is 468 g/mol. The van der Waals surface area contributed by atoms with Crippen LogP contribution in [0.1, 0.15) is 42.5 Å². The Morgan fingerprint density at radius 1 is 1.07 bits per heavy atom. The van der Waals surface area contributed by atoms with Crippen molar-refractivity contribution in [1.29, 1.82) is 0 Å². The fourth-order valence-corrected chi connectivity index (χ4v) is 5.18. The summed E-state index contributed by atoms with van der Waals surface area (Å²) in [5.41, 5.74) is 0.534. The lowest BCUT2D eigenvalue weighted by molar-refractivity contribution is -0.0324. The highest BCUT2D eigenvalue weighted by atomic mass is 35.6. The molecule has 0 bridgehead atoms. The fraction of sp³-hybridized carbons (Fsp3) is 0.522. The lowest BCUT2D eigenvalue weighted by atomic mass is 9.84. The first-order chi connectivity index (χ1) is 14.4. The van der Waals surface area contributed by atoms with Crippen LogP contribution in [0.2, 0.25) is 0 Å². The zero-order valence-electron chi connectivity index (χ0n) is 16.8. The van der Waals surface area contributed by atoms with E-state index >= 15 is 0 Å². The third-order valence-corrected chi connectivity index (χ3v) is 6.89. The number of rotatable bonds is 5. The van der Waals surface area contributed by atoms with Crippen molar-refractivity contribution in [3.8, 4) is 0 Å². The minimum Gasteiger partial charge on any atom is -0.354 e. The van der Waals surface area contributed by atoms with Crippen LogP contribution in [0, 0.1) is 5.92 Å². The van der Waals surface area contributed by atoms with Crippen LogP contribution >= 0.6 is 34.8 Å². The molecule has 2 aromatic carbocycles. The molecule has 0 saturated carbocycles. The molecule has 1 unspecified atom stereocenters. The van der Waals surface area contributed by atoms with Gasteiger partial charge in [-0.05, 0) is 61.5 Å². The zero-order valence-corrected chi connectivity index (χ0v) is 19.1. The summed E-state index contributed by atoms with van der Waals surface area (Å²) in [6.45, 7) is 2.79. The molecule has 4 nitrogen and oxygen atoms in total. The second-order valence-corrected chi connectivity index (χ2v) is 10.6. The van der Waals surface area contributed by atoms with Crippen LogP contribution in [0.25, 0.3) is 10.8 Å². The number of hydrogen-bond acceptors (Lipinski definition) is 3. The van der Waals surface area contributed by atoms with E-state index in [-0.39, 0.29) is 5.91 Å². The van der Waals surface area contributed by atoms with Crippen molar-refractivity contribution in [2.24, 2.45) is 5.92 Å². The van der Waals surface area contributed by atoms with E-state index in [0.29, 0.717) is 24.1 Å². The maximum Gasteiger partial charge on any atom is 0.254 e. The average molecular weight is 470 g/mol. The quantitative estimate of drug-likeness (QED) is 0.461. The molecule has 1 amide bonds. The summed E-state index contributed by atoms with van der Waals surface area (Å²) in [4.78, 5) is 15.6. The van der Waals surface area contributed by atoms with Gasteiger partial charge in [0.2, 0.25) is 3.79 Å². The number of benzene rings is 2. The SMILES string of the molecule is O=C(NC(OC[C@@H]1CCCN2CCCC[C@H]12)C(Cl)(Cl)Cl)c1cccc2ccccc12. The van der Waals surface area contributed by atoms with E-state index in [1.165, 1.54) is 19.3 Å². The number of halogens is 3.